The average Bonchev–Trinajstić information content (AvgIpc) is 3.55. The third-order valence-electron chi connectivity index (χ3n) is 14.1. The van der Waals surface area contributed by atoms with Crippen LogP contribution < -0.4 is 26.2 Å². The van der Waals surface area contributed by atoms with Crippen LogP contribution in [0.5, 0.6) is 0 Å². The van der Waals surface area contributed by atoms with Crippen LogP contribution in [0.1, 0.15) is 115 Å². The van der Waals surface area contributed by atoms with Crippen LogP contribution in [0.2, 0.25) is 0 Å². The number of para-hydroxylation sites is 1. The molecule has 0 saturated heterocycles. The highest BCUT2D eigenvalue weighted by Gasteiger charge is 2.47. The van der Waals surface area contributed by atoms with Gasteiger partial charge < -0.3 is 9.80 Å². The van der Waals surface area contributed by atoms with Crippen molar-refractivity contribution in [3.63, 3.8) is 0 Å². The van der Waals surface area contributed by atoms with Crippen molar-refractivity contribution in [1.29, 1.82) is 0 Å². The van der Waals surface area contributed by atoms with Crippen molar-refractivity contribution in [2.24, 2.45) is 0 Å². The summed E-state index contributed by atoms with van der Waals surface area (Å²) in [6.45, 7) is 28.7. The maximum Gasteiger partial charge on any atom is 0.252 e. The molecule has 3 aliphatic rings. The predicted octanol–water partition coefficient (Wildman–Crippen LogP) is 13.7. The molecule has 7 aromatic rings. The number of fused-ring (bicyclic) bond motifs is 9. The molecule has 0 radical (unpaired) electrons. The Labute approximate surface area is 351 Å². The second-order valence-electron chi connectivity index (χ2n) is 21.0. The molecule has 6 aromatic carbocycles. The zero-order valence-corrected chi connectivity index (χ0v) is 37.4. The first-order chi connectivity index (χ1) is 27.3. The average molecular weight is 777 g/mol. The van der Waals surface area contributed by atoms with Crippen LogP contribution in [0, 0.1) is 13.8 Å². The second-order valence-corrected chi connectivity index (χ2v) is 22.1. The Morgan fingerprint density at radius 1 is 0.534 bits per heavy atom. The smallest absolute Gasteiger partial charge is 0.252 e. The van der Waals surface area contributed by atoms with E-state index in [1.54, 1.807) is 0 Å². The van der Waals surface area contributed by atoms with Gasteiger partial charge in [0.1, 0.15) is 0 Å². The van der Waals surface area contributed by atoms with Gasteiger partial charge in [-0.3, -0.25) is 0 Å². The first kappa shape index (κ1) is 37.5. The van der Waals surface area contributed by atoms with Gasteiger partial charge in [0, 0.05) is 48.6 Å². The third kappa shape index (κ3) is 5.43. The Kier molecular flexibility index (Phi) is 7.99. The van der Waals surface area contributed by atoms with E-state index in [-0.39, 0.29) is 28.4 Å². The molecule has 1 aromatic heterocycles. The number of thiophene rings is 1. The summed E-state index contributed by atoms with van der Waals surface area (Å²) in [6, 6.07) is 40.7. The van der Waals surface area contributed by atoms with Gasteiger partial charge in [0.25, 0.3) is 6.71 Å². The van der Waals surface area contributed by atoms with E-state index in [1.165, 1.54) is 117 Å². The molecule has 2 aliphatic heterocycles. The molecule has 1 aliphatic carbocycles. The van der Waals surface area contributed by atoms with Crippen molar-refractivity contribution < 1.29 is 0 Å². The fourth-order valence-electron chi connectivity index (χ4n) is 10.5. The van der Waals surface area contributed by atoms with Crippen LogP contribution in [-0.4, -0.2) is 6.71 Å². The quantitative estimate of drug-likeness (QED) is 0.161. The van der Waals surface area contributed by atoms with Gasteiger partial charge in [-0.1, -0.05) is 130 Å². The van der Waals surface area contributed by atoms with Gasteiger partial charge in [0.15, 0.2) is 0 Å². The number of benzene rings is 6. The lowest BCUT2D eigenvalue weighted by Crippen LogP contribution is -2.62. The highest BCUT2D eigenvalue weighted by Crippen LogP contribution is 2.53. The number of anilines is 6. The van der Waals surface area contributed by atoms with Crippen molar-refractivity contribution in [2.75, 3.05) is 9.80 Å². The van der Waals surface area contributed by atoms with E-state index in [0.717, 1.165) is 0 Å². The van der Waals surface area contributed by atoms with E-state index >= 15 is 0 Å². The summed E-state index contributed by atoms with van der Waals surface area (Å²) in [6.07, 6.45) is 2.37. The maximum atomic E-state index is 2.68. The van der Waals surface area contributed by atoms with E-state index < -0.39 is 0 Å². The highest BCUT2D eigenvalue weighted by molar-refractivity contribution is 7.26. The molecule has 0 saturated carbocycles. The highest BCUT2D eigenvalue weighted by atomic mass is 32.1. The zero-order chi connectivity index (χ0) is 40.8. The van der Waals surface area contributed by atoms with Crippen LogP contribution in [0.15, 0.2) is 103 Å². The van der Waals surface area contributed by atoms with Gasteiger partial charge in [-0.05, 0) is 141 Å². The molecule has 3 heterocycles. The molecule has 2 nitrogen and oxygen atoms in total. The van der Waals surface area contributed by atoms with E-state index in [9.17, 15) is 0 Å². The summed E-state index contributed by atoms with van der Waals surface area (Å²) >= 11 is 1.92. The second kappa shape index (κ2) is 12.4. The Balaban J connectivity index is 1.40. The Hall–Kier alpha value is -4.80. The molecular formula is C54H57BN2S. The topological polar surface area (TPSA) is 6.48 Å². The summed E-state index contributed by atoms with van der Waals surface area (Å²) in [7, 11) is 0. The lowest BCUT2D eigenvalue weighted by molar-refractivity contribution is 0.332. The lowest BCUT2D eigenvalue weighted by atomic mass is 9.33. The van der Waals surface area contributed by atoms with Crippen LogP contribution in [0.25, 0.3) is 20.2 Å². The first-order valence-corrected chi connectivity index (χ1v) is 22.3. The van der Waals surface area contributed by atoms with Crippen LogP contribution in [-0.2, 0) is 21.7 Å². The Morgan fingerprint density at radius 3 is 1.83 bits per heavy atom. The van der Waals surface area contributed by atoms with Crippen molar-refractivity contribution in [1.82, 2.24) is 0 Å². The normalized spacial score (nSPS) is 16.7. The molecule has 0 bridgehead atoms. The molecule has 0 atom stereocenters. The Morgan fingerprint density at radius 2 is 1.16 bits per heavy atom. The SMILES string of the molecule is Cc1cc(C(C)(C)C)ccc1N1c2cc3c(cc2B2c4ccc5sc6ccccc6c5c4N(c4ccccc4C)c4cc(C(C)(C)C)cc1c42)C(C)(C)CCC3(C)C. The molecule has 0 N–H and O–H groups in total. The molecule has 58 heavy (non-hydrogen) atoms. The minimum atomic E-state index is -0.0846. The van der Waals surface area contributed by atoms with E-state index in [2.05, 4.69) is 196 Å². The van der Waals surface area contributed by atoms with Gasteiger partial charge in [-0.25, -0.2) is 0 Å². The fourth-order valence-corrected chi connectivity index (χ4v) is 11.6. The van der Waals surface area contributed by atoms with Crippen molar-refractivity contribution in [3.8, 4) is 0 Å². The van der Waals surface area contributed by atoms with E-state index in [4.69, 9.17) is 0 Å². The van der Waals surface area contributed by atoms with Crippen LogP contribution in [0.3, 0.4) is 0 Å². The molecule has 0 amide bonds. The van der Waals surface area contributed by atoms with Crippen molar-refractivity contribution in [2.45, 2.75) is 118 Å². The van der Waals surface area contributed by atoms with Gasteiger partial charge in [0.2, 0.25) is 0 Å². The molecule has 292 valence electrons. The van der Waals surface area contributed by atoms with E-state index in [0.29, 0.717) is 0 Å². The molecule has 0 unspecified atom stereocenters. The fraction of sp³-hybridized carbons (Fsp3) is 0.333. The number of hydrogen-bond donors (Lipinski definition) is 0. The maximum absolute atomic E-state index is 2.68. The first-order valence-electron chi connectivity index (χ1n) is 21.4. The molecule has 4 heteroatoms. The summed E-state index contributed by atoms with van der Waals surface area (Å²) in [4.78, 5) is 5.35. The predicted molar refractivity (Wildman–Crippen MR) is 256 cm³/mol. The summed E-state index contributed by atoms with van der Waals surface area (Å²) in [5.74, 6) is 0. The largest absolute Gasteiger partial charge is 0.311 e. The zero-order valence-electron chi connectivity index (χ0n) is 36.6. The molecule has 0 spiro atoms. The van der Waals surface area contributed by atoms with Crippen molar-refractivity contribution >= 4 is 88.7 Å². The van der Waals surface area contributed by atoms with E-state index in [1.807, 2.05) is 11.3 Å². The molecular weight excluding hydrogens is 719 g/mol. The minimum absolute atomic E-state index is 0.0586. The number of rotatable bonds is 2. The molecule has 10 rings (SSSR count). The third-order valence-corrected chi connectivity index (χ3v) is 15.2. The van der Waals surface area contributed by atoms with Crippen LogP contribution >= 0.6 is 11.3 Å². The standard InChI is InChI=1S/C54H57BN2S/c1-32-17-13-15-19-41(32)57-45-29-35(52(6,7)8)28-44-49(45)55(39-22-24-47-48(50(39)57)36-18-14-16-20-46(36)58-47)40-30-37-38(54(11,12)26-25-53(37,9)10)31-43(40)56(44)42-23-21-34(27-33(42)2)51(3,4)5/h13-24,27-31H,25-26H2,1-12H3. The van der Waals surface area contributed by atoms with Crippen molar-refractivity contribution in [3.05, 3.63) is 137 Å². The number of aryl methyl sites for hydroxylation is 2. The molecule has 0 fully saturated rings. The summed E-state index contributed by atoms with van der Waals surface area (Å²) in [5, 5.41) is 2.71. The minimum Gasteiger partial charge on any atom is -0.311 e. The Bertz CT molecular complexity index is 2860. The summed E-state index contributed by atoms with van der Waals surface area (Å²) < 4.78 is 2.68. The summed E-state index contributed by atoms with van der Waals surface area (Å²) in [5.41, 5.74) is 20.4. The van der Waals surface area contributed by atoms with Gasteiger partial charge in [0.05, 0.1) is 5.69 Å². The number of nitrogens with zero attached hydrogens (tertiary/aromatic N) is 2. The monoisotopic (exact) mass is 776 g/mol. The van der Waals surface area contributed by atoms with Crippen LogP contribution in [0.4, 0.5) is 34.1 Å². The van der Waals surface area contributed by atoms with Gasteiger partial charge in [-0.15, -0.1) is 11.3 Å². The van der Waals surface area contributed by atoms with Gasteiger partial charge in [-0.2, -0.15) is 0 Å². The number of hydrogen-bond acceptors (Lipinski definition) is 3. The van der Waals surface area contributed by atoms with Gasteiger partial charge >= 0.3 is 0 Å². The lowest BCUT2D eigenvalue weighted by Gasteiger charge is -2.48.